The highest BCUT2D eigenvalue weighted by Crippen LogP contribution is 2.39. The molecule has 0 amide bonds. The Morgan fingerprint density at radius 2 is 2.04 bits per heavy atom. The van der Waals surface area contributed by atoms with E-state index in [1.54, 1.807) is 12.1 Å². The zero-order valence-electron chi connectivity index (χ0n) is 12.6. The van der Waals surface area contributed by atoms with Crippen molar-refractivity contribution in [1.29, 1.82) is 0 Å². The van der Waals surface area contributed by atoms with Gasteiger partial charge in [0.2, 0.25) is 0 Å². The lowest BCUT2D eigenvalue weighted by Crippen LogP contribution is -2.34. The molecular weight excluding hydrogens is 373 g/mol. The van der Waals surface area contributed by atoms with Crippen LogP contribution in [-0.4, -0.2) is 22.5 Å². The summed E-state index contributed by atoms with van der Waals surface area (Å²) in [4.78, 5) is 2.96. The molecule has 2 atom stereocenters. The third-order valence-electron chi connectivity index (χ3n) is 4.29. The predicted molar refractivity (Wildman–Crippen MR) is 98.0 cm³/mol. The van der Waals surface area contributed by atoms with Crippen LogP contribution in [0, 0.1) is 0 Å². The largest absolute Gasteiger partial charge is 0.594 e. The van der Waals surface area contributed by atoms with Crippen LogP contribution in [0.3, 0.4) is 0 Å². The minimum Gasteiger partial charge on any atom is -0.594 e. The number of fused-ring (bicyclic) bond motifs is 1. The number of hydrogen-bond donors (Lipinski definition) is 0. The second-order valence-corrected chi connectivity index (χ2v) is 8.23. The Bertz CT molecular complexity index is 723. The third-order valence-corrected chi connectivity index (χ3v) is 6.00. The van der Waals surface area contributed by atoms with E-state index in [4.69, 9.17) is 33.9 Å². The van der Waals surface area contributed by atoms with Gasteiger partial charge in [0, 0.05) is 29.1 Å². The smallest absolute Gasteiger partial charge is 0.181 e. The molecule has 6 heteroatoms. The number of nitrogens with zero attached hydrogens (tertiary/aromatic N) is 1. The molecule has 1 aliphatic rings. The van der Waals surface area contributed by atoms with Gasteiger partial charge in [-0.2, -0.15) is 0 Å². The molecule has 2 nitrogen and oxygen atoms in total. The zero-order chi connectivity index (χ0) is 16.6. The first-order chi connectivity index (χ1) is 11.0. The number of hydrogen-bond acceptors (Lipinski definition) is 2. The van der Waals surface area contributed by atoms with Gasteiger partial charge < -0.3 is 4.55 Å². The fourth-order valence-electron chi connectivity index (χ4n) is 3.10. The Labute approximate surface area is 154 Å². The summed E-state index contributed by atoms with van der Waals surface area (Å²) in [6.45, 7) is 4.77. The summed E-state index contributed by atoms with van der Waals surface area (Å²) in [5.41, 5.74) is 3.34. The molecule has 1 aliphatic heterocycles. The fourth-order valence-corrected chi connectivity index (χ4v) is 4.37. The van der Waals surface area contributed by atoms with E-state index in [9.17, 15) is 4.55 Å². The molecule has 2 unspecified atom stereocenters. The minimum atomic E-state index is -1.51. The lowest BCUT2D eigenvalue weighted by Gasteiger charge is -2.35. The van der Waals surface area contributed by atoms with Gasteiger partial charge in [-0.15, -0.1) is 0 Å². The van der Waals surface area contributed by atoms with Gasteiger partial charge in [-0.3, -0.25) is 4.90 Å². The van der Waals surface area contributed by atoms with Gasteiger partial charge in [0.25, 0.3) is 0 Å². The van der Waals surface area contributed by atoms with Gasteiger partial charge in [-0.1, -0.05) is 42.3 Å². The maximum absolute atomic E-state index is 11.6. The van der Waals surface area contributed by atoms with Crippen molar-refractivity contribution in [2.45, 2.75) is 24.3 Å². The van der Waals surface area contributed by atoms with E-state index in [2.05, 4.69) is 11.8 Å². The SMILES string of the molecule is CCN1Cc2c(Cl)cc(Cl)cc2C(c2cccc([S+]([O-])Cl)c2)C1. The third kappa shape index (κ3) is 3.65. The summed E-state index contributed by atoms with van der Waals surface area (Å²) < 4.78 is 11.6. The van der Waals surface area contributed by atoms with Crippen LogP contribution in [0.25, 0.3) is 0 Å². The van der Waals surface area contributed by atoms with E-state index in [1.807, 2.05) is 24.3 Å². The van der Waals surface area contributed by atoms with E-state index < -0.39 is 10.4 Å². The average molecular weight is 389 g/mol. The van der Waals surface area contributed by atoms with Crippen molar-refractivity contribution in [1.82, 2.24) is 4.90 Å². The quantitative estimate of drug-likeness (QED) is 0.674. The lowest BCUT2D eigenvalue weighted by atomic mass is 9.84. The topological polar surface area (TPSA) is 26.3 Å². The highest BCUT2D eigenvalue weighted by atomic mass is 35.7. The van der Waals surface area contributed by atoms with Gasteiger partial charge in [-0.25, -0.2) is 0 Å². The monoisotopic (exact) mass is 387 g/mol. The molecule has 1 heterocycles. The molecule has 0 spiro atoms. The summed E-state index contributed by atoms with van der Waals surface area (Å²) in [6.07, 6.45) is 0. The second-order valence-electron chi connectivity index (χ2n) is 5.63. The predicted octanol–water partition coefficient (Wildman–Crippen LogP) is 5.22. The van der Waals surface area contributed by atoms with Crippen molar-refractivity contribution >= 4 is 44.3 Å². The molecule has 0 aromatic heterocycles. The Hall–Kier alpha value is -0.420. The van der Waals surface area contributed by atoms with Gasteiger partial charge >= 0.3 is 0 Å². The fraction of sp³-hybridized carbons (Fsp3) is 0.294. The molecule has 3 rings (SSSR count). The number of halogens is 3. The molecule has 0 aliphatic carbocycles. The van der Waals surface area contributed by atoms with E-state index in [0.29, 0.717) is 14.9 Å². The number of likely N-dealkylation sites (N-methyl/N-ethyl adjacent to an activating group) is 1. The normalized spacial score (nSPS) is 19.4. The van der Waals surface area contributed by atoms with E-state index in [1.165, 1.54) is 0 Å². The summed E-state index contributed by atoms with van der Waals surface area (Å²) in [5.74, 6) is 0.134. The van der Waals surface area contributed by atoms with Gasteiger partial charge in [0.1, 0.15) is 10.4 Å². The van der Waals surface area contributed by atoms with Gasteiger partial charge in [-0.05, 0) is 47.5 Å². The zero-order valence-corrected chi connectivity index (χ0v) is 15.6. The summed E-state index contributed by atoms with van der Waals surface area (Å²) in [7, 11) is 4.23. The maximum atomic E-state index is 11.6. The van der Waals surface area contributed by atoms with Crippen LogP contribution in [0.1, 0.15) is 29.5 Å². The summed E-state index contributed by atoms with van der Waals surface area (Å²) >= 11 is 12.6. The van der Waals surface area contributed by atoms with Gasteiger partial charge in [0.15, 0.2) is 15.6 Å². The van der Waals surface area contributed by atoms with Crippen LogP contribution in [0.15, 0.2) is 41.3 Å². The molecule has 2 aromatic carbocycles. The van der Waals surface area contributed by atoms with Crippen molar-refractivity contribution in [3.63, 3.8) is 0 Å². The lowest BCUT2D eigenvalue weighted by molar-refractivity contribution is 0.253. The molecule has 0 saturated heterocycles. The molecule has 0 bridgehead atoms. The molecule has 0 saturated carbocycles. The van der Waals surface area contributed by atoms with Gasteiger partial charge in [0.05, 0.1) is 0 Å². The Balaban J connectivity index is 2.11. The molecule has 23 heavy (non-hydrogen) atoms. The van der Waals surface area contributed by atoms with Crippen molar-refractivity contribution < 1.29 is 4.55 Å². The highest BCUT2D eigenvalue weighted by Gasteiger charge is 2.28. The average Bonchev–Trinajstić information content (AvgIpc) is 2.54. The van der Waals surface area contributed by atoms with Crippen molar-refractivity contribution in [2.75, 3.05) is 13.1 Å². The first kappa shape index (κ1) is 17.4. The molecule has 0 N–H and O–H groups in total. The van der Waals surface area contributed by atoms with Crippen LogP contribution < -0.4 is 0 Å². The number of rotatable bonds is 3. The number of benzene rings is 2. The van der Waals surface area contributed by atoms with E-state index >= 15 is 0 Å². The Kier molecular flexibility index (Phi) is 5.46. The first-order valence-corrected chi connectivity index (χ1v) is 10.1. The van der Waals surface area contributed by atoms with E-state index in [-0.39, 0.29) is 5.92 Å². The summed E-state index contributed by atoms with van der Waals surface area (Å²) in [6, 6.07) is 11.4. The Morgan fingerprint density at radius 3 is 2.74 bits per heavy atom. The van der Waals surface area contributed by atoms with E-state index in [0.717, 1.165) is 36.3 Å². The minimum absolute atomic E-state index is 0.134. The molecule has 0 radical (unpaired) electrons. The van der Waals surface area contributed by atoms with Crippen LogP contribution in [-0.2, 0) is 16.9 Å². The van der Waals surface area contributed by atoms with Crippen LogP contribution in [0.5, 0.6) is 0 Å². The molecule has 122 valence electrons. The second kappa shape index (κ2) is 7.22. The van der Waals surface area contributed by atoms with Crippen molar-refractivity contribution in [3.8, 4) is 0 Å². The van der Waals surface area contributed by atoms with Crippen LogP contribution in [0.4, 0.5) is 0 Å². The summed E-state index contributed by atoms with van der Waals surface area (Å²) in [5, 5.41) is 1.34. The van der Waals surface area contributed by atoms with Crippen molar-refractivity contribution in [2.24, 2.45) is 0 Å². The standard InChI is InChI=1S/C17H16Cl3NOS/c1-2-21-9-15(11-4-3-5-13(6-11)23(20)22)14-7-12(18)8-17(19)16(14)10-21/h3-8,15H,2,9-10H2,1H3. The first-order valence-electron chi connectivity index (χ1n) is 7.37. The maximum Gasteiger partial charge on any atom is 0.181 e. The van der Waals surface area contributed by atoms with Crippen LogP contribution in [0.2, 0.25) is 10.0 Å². The van der Waals surface area contributed by atoms with Crippen molar-refractivity contribution in [3.05, 3.63) is 63.1 Å². The van der Waals surface area contributed by atoms with Crippen LogP contribution >= 0.6 is 33.9 Å². The Morgan fingerprint density at radius 1 is 1.26 bits per heavy atom. The molecular formula is C17H16Cl3NOS. The highest BCUT2D eigenvalue weighted by molar-refractivity contribution is 8.13. The molecule has 0 fully saturated rings. The molecule has 2 aromatic rings.